The third-order valence-corrected chi connectivity index (χ3v) is 3.51. The van der Waals surface area contributed by atoms with Gasteiger partial charge in [-0.25, -0.2) is 0 Å². The van der Waals surface area contributed by atoms with E-state index in [1.807, 2.05) is 25.1 Å². The highest BCUT2D eigenvalue weighted by Gasteiger charge is 2.21. The van der Waals surface area contributed by atoms with E-state index in [4.69, 9.17) is 0 Å². The minimum absolute atomic E-state index is 0.538. The highest BCUT2D eigenvalue weighted by molar-refractivity contribution is 7.99. The Morgan fingerprint density at radius 3 is 2.40 bits per heavy atom. The molecule has 15 heavy (non-hydrogen) atoms. The van der Waals surface area contributed by atoms with Gasteiger partial charge < -0.3 is 5.11 Å². The molecule has 1 nitrogen and oxygen atoms in total. The largest absolute Gasteiger partial charge is 0.389 e. The monoisotopic (exact) mass is 224 g/mol. The van der Waals surface area contributed by atoms with E-state index in [0.717, 1.165) is 12.2 Å². The summed E-state index contributed by atoms with van der Waals surface area (Å²) in [4.78, 5) is 1.22. The van der Waals surface area contributed by atoms with Gasteiger partial charge in [0, 0.05) is 10.6 Å². The molecule has 0 aliphatic rings. The van der Waals surface area contributed by atoms with Crippen molar-refractivity contribution in [3.8, 4) is 0 Å². The Kier molecular flexibility index (Phi) is 4.68. The van der Waals surface area contributed by atoms with Crippen LogP contribution in [0, 0.1) is 5.92 Å². The number of hydrogen-bond donors (Lipinski definition) is 1. The maximum Gasteiger partial charge on any atom is 0.0715 e. The minimum atomic E-state index is -0.561. The van der Waals surface area contributed by atoms with E-state index >= 15 is 0 Å². The summed E-state index contributed by atoms with van der Waals surface area (Å²) in [5, 5.41) is 10.1. The van der Waals surface area contributed by atoms with E-state index in [0.29, 0.717) is 5.92 Å². The van der Waals surface area contributed by atoms with Gasteiger partial charge in [-0.2, -0.15) is 0 Å². The van der Waals surface area contributed by atoms with Crippen LogP contribution in [0.25, 0.3) is 0 Å². The third kappa shape index (κ3) is 5.24. The molecule has 0 spiro atoms. The van der Waals surface area contributed by atoms with Crippen LogP contribution in [0.5, 0.6) is 0 Å². The van der Waals surface area contributed by atoms with Crippen LogP contribution < -0.4 is 0 Å². The summed E-state index contributed by atoms with van der Waals surface area (Å²) in [7, 11) is 0. The second-order valence-corrected chi connectivity index (χ2v) is 5.75. The molecule has 1 aromatic carbocycles. The molecule has 1 rings (SSSR count). The first kappa shape index (κ1) is 12.6. The third-order valence-electron chi connectivity index (χ3n) is 2.14. The average Bonchev–Trinajstić information content (AvgIpc) is 2.15. The molecule has 1 aromatic rings. The molecule has 0 heterocycles. The van der Waals surface area contributed by atoms with E-state index in [1.54, 1.807) is 11.8 Å². The van der Waals surface area contributed by atoms with Gasteiger partial charge in [-0.05, 0) is 31.4 Å². The molecule has 1 unspecified atom stereocenters. The van der Waals surface area contributed by atoms with E-state index in [2.05, 4.69) is 26.0 Å². The number of rotatable bonds is 5. The number of thioether (sulfide) groups is 1. The molecule has 0 radical (unpaired) electrons. The summed E-state index contributed by atoms with van der Waals surface area (Å²) in [5.41, 5.74) is -0.561. The van der Waals surface area contributed by atoms with Gasteiger partial charge in [0.05, 0.1) is 5.60 Å². The van der Waals surface area contributed by atoms with Crippen LogP contribution in [0.4, 0.5) is 0 Å². The smallest absolute Gasteiger partial charge is 0.0715 e. The molecule has 0 aliphatic carbocycles. The highest BCUT2D eigenvalue weighted by atomic mass is 32.2. The molecule has 0 amide bonds. The topological polar surface area (TPSA) is 20.2 Å². The van der Waals surface area contributed by atoms with Gasteiger partial charge in [0.2, 0.25) is 0 Å². The number of hydrogen-bond acceptors (Lipinski definition) is 2. The van der Waals surface area contributed by atoms with E-state index in [1.165, 1.54) is 4.90 Å². The highest BCUT2D eigenvalue weighted by Crippen LogP contribution is 2.26. The predicted octanol–water partition coefficient (Wildman–Crippen LogP) is 3.58. The van der Waals surface area contributed by atoms with Gasteiger partial charge in [0.1, 0.15) is 0 Å². The van der Waals surface area contributed by atoms with Crippen LogP contribution in [-0.4, -0.2) is 16.5 Å². The number of benzene rings is 1. The zero-order valence-corrected chi connectivity index (χ0v) is 10.6. The van der Waals surface area contributed by atoms with Crippen LogP contribution in [0.3, 0.4) is 0 Å². The summed E-state index contributed by atoms with van der Waals surface area (Å²) < 4.78 is 0. The molecule has 1 N–H and O–H groups in total. The Labute approximate surface area is 96.9 Å². The van der Waals surface area contributed by atoms with Crippen molar-refractivity contribution in [1.82, 2.24) is 0 Å². The maximum atomic E-state index is 10.1. The summed E-state index contributed by atoms with van der Waals surface area (Å²) >= 11 is 1.72. The summed E-state index contributed by atoms with van der Waals surface area (Å²) in [6.07, 6.45) is 0.854. The lowest BCUT2D eigenvalue weighted by Gasteiger charge is -2.24. The fraction of sp³-hybridized carbons (Fsp3) is 0.538. The van der Waals surface area contributed by atoms with Crippen molar-refractivity contribution in [2.45, 2.75) is 37.7 Å². The first-order valence-corrected chi connectivity index (χ1v) is 6.38. The molecule has 0 aromatic heterocycles. The lowest BCUT2D eigenvalue weighted by molar-refractivity contribution is 0.0628. The zero-order chi connectivity index (χ0) is 11.3. The lowest BCUT2D eigenvalue weighted by atomic mass is 9.96. The van der Waals surface area contributed by atoms with Gasteiger partial charge in [0.15, 0.2) is 0 Å². The van der Waals surface area contributed by atoms with Crippen LogP contribution >= 0.6 is 11.8 Å². The first-order valence-electron chi connectivity index (χ1n) is 5.40. The van der Waals surface area contributed by atoms with Crippen LogP contribution in [0.15, 0.2) is 35.2 Å². The Morgan fingerprint density at radius 2 is 1.87 bits per heavy atom. The summed E-state index contributed by atoms with van der Waals surface area (Å²) in [6.45, 7) is 6.20. The van der Waals surface area contributed by atoms with Gasteiger partial charge in [-0.1, -0.05) is 32.0 Å². The second kappa shape index (κ2) is 5.57. The van der Waals surface area contributed by atoms with Crippen molar-refractivity contribution >= 4 is 11.8 Å². The molecule has 2 heteroatoms. The standard InChI is InChI=1S/C13H20OS/c1-11(2)9-13(3,14)10-15-12-7-5-4-6-8-12/h4-8,11,14H,9-10H2,1-3H3. The first-order chi connectivity index (χ1) is 6.99. The second-order valence-electron chi connectivity index (χ2n) is 4.70. The Balaban J connectivity index is 2.42. The van der Waals surface area contributed by atoms with Gasteiger partial charge in [-0.15, -0.1) is 11.8 Å². The summed E-state index contributed by atoms with van der Waals surface area (Å²) in [6, 6.07) is 10.2. The average molecular weight is 224 g/mol. The van der Waals surface area contributed by atoms with Crippen LogP contribution in [0.1, 0.15) is 27.2 Å². The number of aliphatic hydroxyl groups is 1. The predicted molar refractivity (Wildman–Crippen MR) is 67.2 cm³/mol. The molecule has 0 aliphatic heterocycles. The SMILES string of the molecule is CC(C)CC(C)(O)CSc1ccccc1. The molecule has 1 atom stereocenters. The Morgan fingerprint density at radius 1 is 1.27 bits per heavy atom. The van der Waals surface area contributed by atoms with Crippen LogP contribution in [-0.2, 0) is 0 Å². The normalized spacial score (nSPS) is 15.3. The van der Waals surface area contributed by atoms with Crippen molar-refractivity contribution in [2.24, 2.45) is 5.92 Å². The minimum Gasteiger partial charge on any atom is -0.389 e. The van der Waals surface area contributed by atoms with Crippen molar-refractivity contribution in [2.75, 3.05) is 5.75 Å². The van der Waals surface area contributed by atoms with Gasteiger partial charge in [0.25, 0.3) is 0 Å². The van der Waals surface area contributed by atoms with Crippen molar-refractivity contribution < 1.29 is 5.11 Å². The van der Waals surface area contributed by atoms with Crippen LogP contribution in [0.2, 0.25) is 0 Å². The lowest BCUT2D eigenvalue weighted by Crippen LogP contribution is -2.29. The Bertz CT molecular complexity index is 280. The summed E-state index contributed by atoms with van der Waals surface area (Å²) in [5.74, 6) is 1.30. The van der Waals surface area contributed by atoms with Crippen molar-refractivity contribution in [3.05, 3.63) is 30.3 Å². The molecular formula is C13H20OS. The van der Waals surface area contributed by atoms with Gasteiger partial charge in [-0.3, -0.25) is 0 Å². The van der Waals surface area contributed by atoms with Crippen molar-refractivity contribution in [3.63, 3.8) is 0 Å². The molecule has 0 saturated heterocycles. The quantitative estimate of drug-likeness (QED) is 0.771. The fourth-order valence-electron chi connectivity index (χ4n) is 1.69. The van der Waals surface area contributed by atoms with E-state index < -0.39 is 5.60 Å². The molecule has 0 saturated carbocycles. The maximum absolute atomic E-state index is 10.1. The fourth-order valence-corrected chi connectivity index (χ4v) is 2.64. The van der Waals surface area contributed by atoms with E-state index in [9.17, 15) is 5.11 Å². The molecule has 84 valence electrons. The van der Waals surface area contributed by atoms with Crippen molar-refractivity contribution in [1.29, 1.82) is 0 Å². The van der Waals surface area contributed by atoms with E-state index in [-0.39, 0.29) is 0 Å². The zero-order valence-electron chi connectivity index (χ0n) is 9.73. The molecule has 0 fully saturated rings. The molecule has 0 bridgehead atoms. The van der Waals surface area contributed by atoms with Gasteiger partial charge >= 0.3 is 0 Å². The Hall–Kier alpha value is -0.470. The molecular weight excluding hydrogens is 204 g/mol.